The minimum atomic E-state index is -1.56. The van der Waals surface area contributed by atoms with Crippen LogP contribution in [0.2, 0.25) is 0 Å². The van der Waals surface area contributed by atoms with Crippen molar-refractivity contribution in [1.29, 1.82) is 0 Å². The molecule has 32 heavy (non-hydrogen) atoms. The van der Waals surface area contributed by atoms with Crippen LogP contribution >= 0.6 is 11.8 Å². The number of hydrogen-bond acceptors (Lipinski definition) is 9. The van der Waals surface area contributed by atoms with E-state index in [0.717, 1.165) is 11.8 Å². The van der Waals surface area contributed by atoms with Crippen LogP contribution < -0.4 is 15.5 Å². The standard InChI is InChI=1S/C20H29N3O8S/c1-5-23(11(4)27)14-7-16(13(22-10(3)26)6-12(14)21-9(2)25)32-20-19(30)18(29)17(28)15(8-24)31-20/h6-7,15,17-20,24,28-30H,5,8H2,1-4H3,(H,21,25)(H,22,26)/t15-,17+,18+,19-,20+/m1/s1. The summed E-state index contributed by atoms with van der Waals surface area (Å²) < 4.78 is 5.55. The molecule has 0 aromatic heterocycles. The summed E-state index contributed by atoms with van der Waals surface area (Å²) in [5, 5.41) is 45.2. The van der Waals surface area contributed by atoms with Crippen LogP contribution in [0, 0.1) is 0 Å². The number of amides is 3. The molecular formula is C20H29N3O8S. The zero-order valence-corrected chi connectivity index (χ0v) is 19.0. The zero-order valence-electron chi connectivity index (χ0n) is 18.2. The van der Waals surface area contributed by atoms with Crippen molar-refractivity contribution in [2.45, 2.75) is 62.4 Å². The van der Waals surface area contributed by atoms with Gasteiger partial charge in [-0.3, -0.25) is 14.4 Å². The van der Waals surface area contributed by atoms with Gasteiger partial charge in [-0.05, 0) is 19.1 Å². The zero-order chi connectivity index (χ0) is 24.2. The minimum Gasteiger partial charge on any atom is -0.394 e. The molecule has 178 valence electrons. The van der Waals surface area contributed by atoms with Crippen molar-refractivity contribution in [2.24, 2.45) is 0 Å². The number of rotatable bonds is 7. The number of carbonyl (C=O) groups excluding carboxylic acids is 3. The highest BCUT2D eigenvalue weighted by molar-refractivity contribution is 8.00. The lowest BCUT2D eigenvalue weighted by Gasteiger charge is -2.39. The lowest BCUT2D eigenvalue weighted by atomic mass is 10.0. The SMILES string of the molecule is CCN(C(C)=O)c1cc(S[C@@H]2O[C@H](CO)[C@H](O)[C@H](O)[C@H]2O)c(NC(C)=O)cc1NC(C)=O. The summed E-state index contributed by atoms with van der Waals surface area (Å²) in [4.78, 5) is 37.5. The molecule has 1 aromatic carbocycles. The number of aliphatic hydroxyl groups excluding tert-OH is 4. The van der Waals surface area contributed by atoms with E-state index in [9.17, 15) is 34.8 Å². The number of nitrogens with one attached hydrogen (secondary N) is 2. The van der Waals surface area contributed by atoms with Crippen LogP contribution in [0.3, 0.4) is 0 Å². The highest BCUT2D eigenvalue weighted by Crippen LogP contribution is 2.42. The van der Waals surface area contributed by atoms with Gasteiger partial charge in [0.15, 0.2) is 0 Å². The van der Waals surface area contributed by atoms with Crippen molar-refractivity contribution < 1.29 is 39.5 Å². The van der Waals surface area contributed by atoms with E-state index in [1.54, 1.807) is 13.0 Å². The smallest absolute Gasteiger partial charge is 0.223 e. The lowest BCUT2D eigenvalue weighted by Crippen LogP contribution is -2.57. The van der Waals surface area contributed by atoms with Gasteiger partial charge in [0.25, 0.3) is 0 Å². The van der Waals surface area contributed by atoms with Crippen molar-refractivity contribution >= 4 is 46.5 Å². The molecule has 1 aliphatic rings. The Morgan fingerprint density at radius 1 is 1.00 bits per heavy atom. The minimum absolute atomic E-state index is 0.270. The fourth-order valence-electron chi connectivity index (χ4n) is 3.32. The Bertz CT molecular complexity index is 865. The number of nitrogens with zero attached hydrogens (tertiary/aromatic N) is 1. The number of thioether (sulfide) groups is 1. The Hall–Kier alpha value is -2.22. The van der Waals surface area contributed by atoms with Crippen molar-refractivity contribution in [3.8, 4) is 0 Å². The third kappa shape index (κ3) is 5.97. The fourth-order valence-corrected chi connectivity index (χ4v) is 4.49. The van der Waals surface area contributed by atoms with E-state index in [2.05, 4.69) is 10.6 Å². The van der Waals surface area contributed by atoms with Gasteiger partial charge in [-0.15, -0.1) is 0 Å². The summed E-state index contributed by atoms with van der Waals surface area (Å²) in [7, 11) is 0. The van der Waals surface area contributed by atoms with Gasteiger partial charge in [-0.25, -0.2) is 0 Å². The van der Waals surface area contributed by atoms with Gasteiger partial charge in [0.2, 0.25) is 17.7 Å². The van der Waals surface area contributed by atoms with E-state index in [-0.39, 0.29) is 23.2 Å². The molecule has 0 bridgehead atoms. The predicted molar refractivity (Wildman–Crippen MR) is 118 cm³/mol. The van der Waals surface area contributed by atoms with Gasteiger partial charge in [0, 0.05) is 32.2 Å². The summed E-state index contributed by atoms with van der Waals surface area (Å²) in [6.45, 7) is 5.44. The number of aliphatic hydroxyl groups is 4. The van der Waals surface area contributed by atoms with Gasteiger partial charge in [0.1, 0.15) is 29.9 Å². The van der Waals surface area contributed by atoms with Gasteiger partial charge in [-0.2, -0.15) is 0 Å². The molecule has 0 radical (unpaired) electrons. The molecule has 1 saturated heterocycles. The molecule has 11 nitrogen and oxygen atoms in total. The van der Waals surface area contributed by atoms with Crippen LogP contribution in [0.1, 0.15) is 27.7 Å². The van der Waals surface area contributed by atoms with Crippen LogP contribution in [0.5, 0.6) is 0 Å². The lowest BCUT2D eigenvalue weighted by molar-refractivity contribution is -0.205. The quantitative estimate of drug-likeness (QED) is 0.317. The molecule has 5 atom stereocenters. The third-order valence-electron chi connectivity index (χ3n) is 4.80. The van der Waals surface area contributed by atoms with Crippen molar-refractivity contribution in [1.82, 2.24) is 0 Å². The van der Waals surface area contributed by atoms with E-state index in [1.807, 2.05) is 0 Å². The van der Waals surface area contributed by atoms with E-state index in [4.69, 9.17) is 4.74 Å². The molecule has 0 spiro atoms. The first-order valence-corrected chi connectivity index (χ1v) is 10.9. The first-order chi connectivity index (χ1) is 15.0. The highest BCUT2D eigenvalue weighted by Gasteiger charge is 2.44. The van der Waals surface area contributed by atoms with Crippen molar-refractivity contribution in [2.75, 3.05) is 28.7 Å². The molecule has 6 N–H and O–H groups in total. The number of anilines is 3. The summed E-state index contributed by atoms with van der Waals surface area (Å²) >= 11 is 0.928. The molecule has 12 heteroatoms. The maximum Gasteiger partial charge on any atom is 0.223 e. The van der Waals surface area contributed by atoms with Gasteiger partial charge < -0.3 is 40.7 Å². The molecule has 1 fully saturated rings. The second kappa shape index (κ2) is 11.1. The van der Waals surface area contributed by atoms with Crippen molar-refractivity contribution in [3.05, 3.63) is 12.1 Å². The van der Waals surface area contributed by atoms with E-state index in [0.29, 0.717) is 17.1 Å². The molecule has 1 heterocycles. The molecule has 0 aliphatic carbocycles. The molecule has 3 amide bonds. The fraction of sp³-hybridized carbons (Fsp3) is 0.550. The Balaban J connectivity index is 2.56. The van der Waals surface area contributed by atoms with Crippen LogP contribution in [-0.2, 0) is 19.1 Å². The van der Waals surface area contributed by atoms with E-state index in [1.165, 1.54) is 31.7 Å². The monoisotopic (exact) mass is 471 g/mol. The number of carbonyl (C=O) groups is 3. The van der Waals surface area contributed by atoms with Gasteiger partial charge in [0.05, 0.1) is 23.7 Å². The average molecular weight is 472 g/mol. The average Bonchev–Trinajstić information content (AvgIpc) is 2.70. The number of ether oxygens (including phenoxy) is 1. The highest BCUT2D eigenvalue weighted by atomic mass is 32.2. The first-order valence-electron chi connectivity index (χ1n) is 9.98. The second-order valence-corrected chi connectivity index (χ2v) is 8.45. The molecule has 1 aliphatic heterocycles. The predicted octanol–water partition coefficient (Wildman–Crippen LogP) is -0.132. The van der Waals surface area contributed by atoms with Gasteiger partial charge >= 0.3 is 0 Å². The Labute approximate surface area is 189 Å². The topological polar surface area (TPSA) is 169 Å². The summed E-state index contributed by atoms with van der Waals surface area (Å²) in [5.74, 6) is -1.06. The molecule has 0 unspecified atom stereocenters. The van der Waals surface area contributed by atoms with Crippen LogP contribution in [-0.4, -0.2) is 81.2 Å². The Morgan fingerprint density at radius 3 is 2.09 bits per heavy atom. The maximum atomic E-state index is 12.2. The molecule has 1 aromatic rings. The third-order valence-corrected chi connectivity index (χ3v) is 6.01. The van der Waals surface area contributed by atoms with E-state index >= 15 is 0 Å². The second-order valence-electron chi connectivity index (χ2n) is 7.31. The number of benzene rings is 1. The largest absolute Gasteiger partial charge is 0.394 e. The Kier molecular flexibility index (Phi) is 9.01. The van der Waals surface area contributed by atoms with Crippen LogP contribution in [0.15, 0.2) is 17.0 Å². The van der Waals surface area contributed by atoms with Crippen molar-refractivity contribution in [3.63, 3.8) is 0 Å². The van der Waals surface area contributed by atoms with E-state index < -0.39 is 42.4 Å². The normalized spacial score (nSPS) is 25.2. The summed E-state index contributed by atoms with van der Waals surface area (Å²) in [5.41, 5.74) is -0.190. The molecular weight excluding hydrogens is 442 g/mol. The molecule has 2 rings (SSSR count). The van der Waals surface area contributed by atoms with Crippen LogP contribution in [0.4, 0.5) is 17.1 Å². The van der Waals surface area contributed by atoms with Gasteiger partial charge in [-0.1, -0.05) is 11.8 Å². The summed E-state index contributed by atoms with van der Waals surface area (Å²) in [6.07, 6.45) is -5.67. The van der Waals surface area contributed by atoms with Crippen LogP contribution in [0.25, 0.3) is 0 Å². The number of hydrogen-bond donors (Lipinski definition) is 6. The first kappa shape index (κ1) is 26.0. The Morgan fingerprint density at radius 2 is 1.59 bits per heavy atom. The molecule has 0 saturated carbocycles. The summed E-state index contributed by atoms with van der Waals surface area (Å²) in [6, 6.07) is 3.03. The maximum absolute atomic E-state index is 12.2.